The van der Waals surface area contributed by atoms with Crippen molar-refractivity contribution in [3.63, 3.8) is 0 Å². The average molecular weight is 449 g/mol. The third-order valence-corrected chi connectivity index (χ3v) is 5.94. The van der Waals surface area contributed by atoms with Crippen LogP contribution in [-0.2, 0) is 14.4 Å². The van der Waals surface area contributed by atoms with Crippen molar-refractivity contribution in [2.24, 2.45) is 5.92 Å². The molecule has 0 radical (unpaired) electrons. The molecule has 8 heteroatoms. The summed E-state index contributed by atoms with van der Waals surface area (Å²) in [6.07, 6.45) is -1.09. The largest absolute Gasteiger partial charge is 0.478 e. The Bertz CT molecular complexity index is 1230. The number of anilines is 2. The van der Waals surface area contributed by atoms with E-state index in [9.17, 15) is 19.5 Å². The Morgan fingerprint density at radius 1 is 0.875 bits per heavy atom. The van der Waals surface area contributed by atoms with Gasteiger partial charge in [-0.05, 0) is 42.0 Å². The van der Waals surface area contributed by atoms with Crippen LogP contribution in [0.3, 0.4) is 0 Å². The van der Waals surface area contributed by atoms with E-state index in [1.807, 2.05) is 6.07 Å². The lowest BCUT2D eigenvalue weighted by atomic mass is 9.88. The van der Waals surface area contributed by atoms with E-state index < -0.39 is 35.8 Å². The molecule has 2 aliphatic heterocycles. The Kier molecular flexibility index (Phi) is 4.92. The standard InChI is InChI=1S/C24H17ClN2O5/c25-14-7-6-10-16(13-14)26-22(28)19-20(17-11-4-5-12-18(17)24(30)31)27(32-21(19)23(26)29)15-8-2-1-3-9-15/h1-13,19-21H,(H,30,31)/t19-,20+,21+/m1/s1. The van der Waals surface area contributed by atoms with Crippen LogP contribution in [0.1, 0.15) is 22.0 Å². The van der Waals surface area contributed by atoms with Crippen LogP contribution in [0.25, 0.3) is 0 Å². The number of carboxylic acid groups (broad SMARTS) is 1. The van der Waals surface area contributed by atoms with E-state index in [-0.39, 0.29) is 5.56 Å². The number of rotatable bonds is 4. The summed E-state index contributed by atoms with van der Waals surface area (Å²) >= 11 is 6.07. The zero-order valence-corrected chi connectivity index (χ0v) is 17.3. The molecule has 0 bridgehead atoms. The number of imide groups is 1. The molecule has 2 saturated heterocycles. The second-order valence-corrected chi connectivity index (χ2v) is 7.98. The average Bonchev–Trinajstić information content (AvgIpc) is 3.30. The zero-order chi connectivity index (χ0) is 22.4. The van der Waals surface area contributed by atoms with Crippen LogP contribution in [-0.4, -0.2) is 29.0 Å². The van der Waals surface area contributed by atoms with Gasteiger partial charge < -0.3 is 5.11 Å². The number of para-hydroxylation sites is 1. The molecule has 5 rings (SSSR count). The van der Waals surface area contributed by atoms with E-state index >= 15 is 0 Å². The Hall–Kier alpha value is -3.68. The van der Waals surface area contributed by atoms with Crippen LogP contribution >= 0.6 is 11.6 Å². The Balaban J connectivity index is 1.64. The van der Waals surface area contributed by atoms with Gasteiger partial charge in [0.15, 0.2) is 6.10 Å². The van der Waals surface area contributed by atoms with Gasteiger partial charge in [-0.25, -0.2) is 14.8 Å². The van der Waals surface area contributed by atoms with Gasteiger partial charge in [-0.1, -0.05) is 54.1 Å². The number of carbonyl (C=O) groups excluding carboxylic acids is 2. The summed E-state index contributed by atoms with van der Waals surface area (Å²) in [5.41, 5.74) is 1.40. The van der Waals surface area contributed by atoms with Gasteiger partial charge in [0.1, 0.15) is 5.92 Å². The normalized spacial score (nSPS) is 22.3. The third kappa shape index (κ3) is 3.14. The topological polar surface area (TPSA) is 87.2 Å². The van der Waals surface area contributed by atoms with Crippen LogP contribution < -0.4 is 9.96 Å². The summed E-state index contributed by atoms with van der Waals surface area (Å²) in [4.78, 5) is 45.9. The number of hydrogen-bond donors (Lipinski definition) is 1. The molecule has 2 fully saturated rings. The summed E-state index contributed by atoms with van der Waals surface area (Å²) in [6.45, 7) is 0. The van der Waals surface area contributed by atoms with Crippen molar-refractivity contribution in [1.82, 2.24) is 0 Å². The second kappa shape index (κ2) is 7.78. The number of hydroxylamine groups is 1. The van der Waals surface area contributed by atoms with Crippen molar-refractivity contribution < 1.29 is 24.3 Å². The molecule has 0 aliphatic carbocycles. The van der Waals surface area contributed by atoms with Gasteiger partial charge in [0, 0.05) is 5.02 Å². The third-order valence-electron chi connectivity index (χ3n) is 5.70. The van der Waals surface area contributed by atoms with Crippen molar-refractivity contribution in [2.75, 3.05) is 9.96 Å². The predicted octanol–water partition coefficient (Wildman–Crippen LogP) is 4.09. The van der Waals surface area contributed by atoms with Crippen LogP contribution in [0, 0.1) is 5.92 Å². The minimum Gasteiger partial charge on any atom is -0.478 e. The molecule has 2 heterocycles. The highest BCUT2D eigenvalue weighted by Crippen LogP contribution is 2.48. The van der Waals surface area contributed by atoms with Gasteiger partial charge in [0.05, 0.1) is 23.0 Å². The number of carbonyl (C=O) groups is 3. The molecule has 2 aliphatic rings. The number of halogens is 1. The molecule has 32 heavy (non-hydrogen) atoms. The quantitative estimate of drug-likeness (QED) is 0.605. The summed E-state index contributed by atoms with van der Waals surface area (Å²) in [5.74, 6) is -3.04. The molecular formula is C24H17ClN2O5. The minimum absolute atomic E-state index is 0.0455. The first-order valence-electron chi connectivity index (χ1n) is 9.94. The number of benzene rings is 3. The minimum atomic E-state index is -1.12. The maximum Gasteiger partial charge on any atom is 0.336 e. The van der Waals surface area contributed by atoms with Crippen molar-refractivity contribution in [1.29, 1.82) is 0 Å². The molecule has 3 atom stereocenters. The van der Waals surface area contributed by atoms with E-state index in [0.717, 1.165) is 4.90 Å². The van der Waals surface area contributed by atoms with E-state index in [1.165, 1.54) is 17.2 Å². The van der Waals surface area contributed by atoms with E-state index in [4.69, 9.17) is 16.4 Å². The molecule has 3 aromatic carbocycles. The number of nitrogens with zero attached hydrogens (tertiary/aromatic N) is 2. The summed E-state index contributed by atoms with van der Waals surface area (Å²) < 4.78 is 0. The van der Waals surface area contributed by atoms with Gasteiger partial charge in [-0.3, -0.25) is 14.4 Å². The molecule has 1 N–H and O–H groups in total. The first-order valence-corrected chi connectivity index (χ1v) is 10.3. The summed E-state index contributed by atoms with van der Waals surface area (Å²) in [7, 11) is 0. The maximum absolute atomic E-state index is 13.6. The summed E-state index contributed by atoms with van der Waals surface area (Å²) in [6, 6.07) is 21.1. The highest BCUT2D eigenvalue weighted by Gasteiger charge is 2.60. The smallest absolute Gasteiger partial charge is 0.336 e. The zero-order valence-electron chi connectivity index (χ0n) is 16.6. The number of fused-ring (bicyclic) bond motifs is 1. The fourth-order valence-corrected chi connectivity index (χ4v) is 4.53. The lowest BCUT2D eigenvalue weighted by Crippen LogP contribution is -2.37. The van der Waals surface area contributed by atoms with Crippen LogP contribution in [0.2, 0.25) is 5.02 Å². The van der Waals surface area contributed by atoms with Gasteiger partial charge in [0.2, 0.25) is 5.91 Å². The molecule has 0 spiro atoms. The lowest BCUT2D eigenvalue weighted by molar-refractivity contribution is -0.126. The fourth-order valence-electron chi connectivity index (χ4n) is 4.35. The van der Waals surface area contributed by atoms with Gasteiger partial charge in [0.25, 0.3) is 5.91 Å². The first-order chi connectivity index (χ1) is 15.5. The predicted molar refractivity (Wildman–Crippen MR) is 117 cm³/mol. The van der Waals surface area contributed by atoms with E-state index in [2.05, 4.69) is 0 Å². The Labute approximate surface area is 188 Å². The monoisotopic (exact) mass is 448 g/mol. The van der Waals surface area contributed by atoms with Gasteiger partial charge in [-0.2, -0.15) is 0 Å². The second-order valence-electron chi connectivity index (χ2n) is 7.54. The molecule has 2 amide bonds. The highest BCUT2D eigenvalue weighted by atomic mass is 35.5. The van der Waals surface area contributed by atoms with E-state index in [1.54, 1.807) is 60.7 Å². The van der Waals surface area contributed by atoms with Crippen LogP contribution in [0.15, 0.2) is 78.9 Å². The van der Waals surface area contributed by atoms with Crippen LogP contribution in [0.5, 0.6) is 0 Å². The molecule has 0 unspecified atom stereocenters. The molecule has 0 aromatic heterocycles. The molecule has 0 saturated carbocycles. The van der Waals surface area contributed by atoms with Crippen molar-refractivity contribution >= 4 is 40.8 Å². The lowest BCUT2D eigenvalue weighted by Gasteiger charge is -2.29. The van der Waals surface area contributed by atoms with Crippen molar-refractivity contribution in [3.05, 3.63) is 95.0 Å². The first kappa shape index (κ1) is 20.2. The Morgan fingerprint density at radius 2 is 1.56 bits per heavy atom. The SMILES string of the molecule is O=C(O)c1ccccc1[C@H]1[C@H]2C(=O)N(c3cccc(Cl)c3)C(=O)[C@H]2ON1c1ccccc1. The molecule has 3 aromatic rings. The number of aromatic carboxylic acids is 1. The number of amides is 2. The Morgan fingerprint density at radius 3 is 2.28 bits per heavy atom. The maximum atomic E-state index is 13.6. The molecule has 160 valence electrons. The molecule has 7 nitrogen and oxygen atoms in total. The number of carboxylic acids is 1. The van der Waals surface area contributed by atoms with Crippen LogP contribution in [0.4, 0.5) is 11.4 Å². The molecular weight excluding hydrogens is 432 g/mol. The van der Waals surface area contributed by atoms with E-state index in [0.29, 0.717) is 22.0 Å². The van der Waals surface area contributed by atoms with Gasteiger partial charge in [-0.15, -0.1) is 0 Å². The highest BCUT2D eigenvalue weighted by molar-refractivity contribution is 6.31. The van der Waals surface area contributed by atoms with Gasteiger partial charge >= 0.3 is 5.97 Å². The summed E-state index contributed by atoms with van der Waals surface area (Å²) in [5, 5.41) is 11.6. The number of hydrogen-bond acceptors (Lipinski definition) is 5. The van der Waals surface area contributed by atoms with Crippen molar-refractivity contribution in [3.8, 4) is 0 Å². The fraction of sp³-hybridized carbons (Fsp3) is 0.125. The van der Waals surface area contributed by atoms with Crippen molar-refractivity contribution in [2.45, 2.75) is 12.1 Å².